The molecule has 0 spiro atoms. The van der Waals surface area contributed by atoms with Gasteiger partial charge in [-0.3, -0.25) is 9.59 Å². The Balaban J connectivity index is 1.78. The van der Waals surface area contributed by atoms with Gasteiger partial charge in [0.05, 0.1) is 23.3 Å². The fourth-order valence-corrected chi connectivity index (χ4v) is 3.77. The molecular weight excluding hydrogens is 344 g/mol. The van der Waals surface area contributed by atoms with Crippen LogP contribution < -0.4 is 0 Å². The number of amides is 1. The number of carboxylic acids is 1. The Bertz CT molecular complexity index is 997. The number of rotatable bonds is 3. The van der Waals surface area contributed by atoms with Crippen LogP contribution in [0.4, 0.5) is 0 Å². The Morgan fingerprint density at radius 3 is 2.74 bits per heavy atom. The van der Waals surface area contributed by atoms with Crippen molar-refractivity contribution in [2.75, 3.05) is 13.1 Å². The van der Waals surface area contributed by atoms with Crippen LogP contribution >= 0.6 is 0 Å². The Hall–Kier alpha value is -3.15. The zero-order valence-electron chi connectivity index (χ0n) is 15.0. The normalized spacial score (nSPS) is 20.0. The molecule has 1 amide bonds. The lowest BCUT2D eigenvalue weighted by atomic mass is 9.90. The van der Waals surface area contributed by atoms with Crippen molar-refractivity contribution in [3.05, 3.63) is 54.3 Å². The second-order valence-corrected chi connectivity index (χ2v) is 7.14. The minimum Gasteiger partial charge on any atom is -0.481 e. The first-order valence-corrected chi connectivity index (χ1v) is 8.98. The molecule has 0 saturated carbocycles. The molecule has 2 aromatic heterocycles. The van der Waals surface area contributed by atoms with E-state index in [0.717, 1.165) is 5.39 Å². The van der Waals surface area contributed by atoms with Crippen LogP contribution in [0, 0.1) is 11.8 Å². The number of carboxylic acid groups (broad SMARTS) is 1. The third kappa shape index (κ3) is 3.30. The summed E-state index contributed by atoms with van der Waals surface area (Å²) in [5.74, 6) is -0.823. The number of nitrogens with zero attached hydrogens (tertiary/aromatic N) is 2. The van der Waals surface area contributed by atoms with Crippen molar-refractivity contribution in [3.63, 3.8) is 0 Å². The number of carbonyl (C=O) groups excluding carboxylic acids is 1. The molecule has 2 atom stereocenters. The first-order valence-electron chi connectivity index (χ1n) is 8.98. The maximum atomic E-state index is 13.3. The number of fused-ring (bicyclic) bond motifs is 1. The molecule has 0 bridgehead atoms. The van der Waals surface area contributed by atoms with Gasteiger partial charge in [0.25, 0.3) is 5.91 Å². The molecule has 27 heavy (non-hydrogen) atoms. The number of piperidine rings is 1. The molecule has 1 saturated heterocycles. The number of hydrogen-bond donors (Lipinski definition) is 1. The maximum absolute atomic E-state index is 13.3. The van der Waals surface area contributed by atoms with E-state index in [1.54, 1.807) is 29.4 Å². The van der Waals surface area contributed by atoms with E-state index in [2.05, 4.69) is 4.98 Å². The Morgan fingerprint density at radius 1 is 1.19 bits per heavy atom. The van der Waals surface area contributed by atoms with Gasteiger partial charge in [-0.15, -0.1) is 0 Å². The third-order valence-corrected chi connectivity index (χ3v) is 5.02. The predicted octanol–water partition coefficient (Wildman–Crippen LogP) is 3.68. The summed E-state index contributed by atoms with van der Waals surface area (Å²) in [6.07, 6.45) is 2.16. The molecule has 4 rings (SSSR count). The first kappa shape index (κ1) is 17.3. The highest BCUT2D eigenvalue weighted by molar-refractivity contribution is 6.07. The molecule has 6 heteroatoms. The molecule has 6 nitrogen and oxygen atoms in total. The van der Waals surface area contributed by atoms with Gasteiger partial charge in [0, 0.05) is 18.5 Å². The Kier molecular flexibility index (Phi) is 4.39. The first-order chi connectivity index (χ1) is 13.0. The average molecular weight is 364 g/mol. The number of para-hydroxylation sites is 1. The standard InChI is InChI=1S/C21H20N2O4/c1-13-9-14(21(25)26)12-23(11-13)20(24)16-10-18(19-7-4-8-27-19)22-17-6-3-2-5-15(16)17/h2-8,10,13-14H,9,11-12H2,1H3,(H,25,26). The third-order valence-electron chi connectivity index (χ3n) is 5.02. The highest BCUT2D eigenvalue weighted by Gasteiger charge is 2.33. The monoisotopic (exact) mass is 364 g/mol. The molecule has 1 fully saturated rings. The molecular formula is C21H20N2O4. The number of likely N-dealkylation sites (tertiary alicyclic amines) is 1. The Morgan fingerprint density at radius 2 is 2.00 bits per heavy atom. The molecule has 0 radical (unpaired) electrons. The molecule has 0 aliphatic carbocycles. The van der Waals surface area contributed by atoms with Crippen LogP contribution in [0.2, 0.25) is 0 Å². The van der Waals surface area contributed by atoms with Crippen molar-refractivity contribution < 1.29 is 19.1 Å². The number of benzene rings is 1. The van der Waals surface area contributed by atoms with Gasteiger partial charge in [-0.05, 0) is 36.6 Å². The minimum atomic E-state index is -0.852. The van der Waals surface area contributed by atoms with E-state index in [0.29, 0.717) is 35.5 Å². The van der Waals surface area contributed by atoms with E-state index >= 15 is 0 Å². The van der Waals surface area contributed by atoms with Gasteiger partial charge < -0.3 is 14.4 Å². The van der Waals surface area contributed by atoms with Gasteiger partial charge in [-0.1, -0.05) is 25.1 Å². The zero-order chi connectivity index (χ0) is 19.0. The number of aromatic nitrogens is 1. The molecule has 138 valence electrons. The van der Waals surface area contributed by atoms with Gasteiger partial charge in [-0.2, -0.15) is 0 Å². The second kappa shape index (κ2) is 6.87. The fourth-order valence-electron chi connectivity index (χ4n) is 3.77. The SMILES string of the molecule is CC1CC(C(=O)O)CN(C(=O)c2cc(-c3ccco3)nc3ccccc23)C1. The van der Waals surface area contributed by atoms with E-state index in [1.165, 1.54) is 0 Å². The van der Waals surface area contributed by atoms with Gasteiger partial charge in [0.15, 0.2) is 5.76 Å². The largest absolute Gasteiger partial charge is 0.481 e. The fraction of sp³-hybridized carbons (Fsp3) is 0.286. The summed E-state index contributed by atoms with van der Waals surface area (Å²) in [4.78, 5) is 31.0. The smallest absolute Gasteiger partial charge is 0.308 e. The number of pyridine rings is 1. The summed E-state index contributed by atoms with van der Waals surface area (Å²) in [7, 11) is 0. The highest BCUT2D eigenvalue weighted by Crippen LogP contribution is 2.28. The Labute approximate surface area is 156 Å². The van der Waals surface area contributed by atoms with Crippen LogP contribution in [0.3, 0.4) is 0 Å². The lowest BCUT2D eigenvalue weighted by molar-refractivity contribution is -0.143. The average Bonchev–Trinajstić information content (AvgIpc) is 3.21. The maximum Gasteiger partial charge on any atom is 0.308 e. The lowest BCUT2D eigenvalue weighted by Crippen LogP contribution is -2.45. The van der Waals surface area contributed by atoms with Crippen molar-refractivity contribution in [1.29, 1.82) is 0 Å². The predicted molar refractivity (Wildman–Crippen MR) is 100 cm³/mol. The van der Waals surface area contributed by atoms with Crippen molar-refractivity contribution in [3.8, 4) is 11.5 Å². The van der Waals surface area contributed by atoms with Crippen molar-refractivity contribution in [2.24, 2.45) is 11.8 Å². The van der Waals surface area contributed by atoms with E-state index in [-0.39, 0.29) is 18.4 Å². The van der Waals surface area contributed by atoms with Gasteiger partial charge in [0.1, 0.15) is 5.69 Å². The summed E-state index contributed by atoms with van der Waals surface area (Å²) in [6.45, 7) is 2.76. The number of aliphatic carboxylic acids is 1. The number of furan rings is 1. The van der Waals surface area contributed by atoms with Crippen molar-refractivity contribution >= 4 is 22.8 Å². The molecule has 1 aliphatic heterocycles. The van der Waals surface area contributed by atoms with Gasteiger partial charge in [0.2, 0.25) is 0 Å². The van der Waals surface area contributed by atoms with Crippen LogP contribution in [0.5, 0.6) is 0 Å². The summed E-state index contributed by atoms with van der Waals surface area (Å²) < 4.78 is 5.45. The summed E-state index contributed by atoms with van der Waals surface area (Å²) >= 11 is 0. The highest BCUT2D eigenvalue weighted by atomic mass is 16.4. The van der Waals surface area contributed by atoms with Gasteiger partial charge >= 0.3 is 5.97 Å². The van der Waals surface area contributed by atoms with Crippen LogP contribution in [0.25, 0.3) is 22.4 Å². The van der Waals surface area contributed by atoms with E-state index in [1.807, 2.05) is 31.2 Å². The number of hydrogen-bond acceptors (Lipinski definition) is 4. The van der Waals surface area contributed by atoms with E-state index in [4.69, 9.17) is 4.42 Å². The minimum absolute atomic E-state index is 0.140. The van der Waals surface area contributed by atoms with E-state index < -0.39 is 11.9 Å². The second-order valence-electron chi connectivity index (χ2n) is 7.14. The molecule has 3 heterocycles. The number of carbonyl (C=O) groups is 2. The lowest BCUT2D eigenvalue weighted by Gasteiger charge is -2.35. The van der Waals surface area contributed by atoms with Crippen LogP contribution in [-0.2, 0) is 4.79 Å². The van der Waals surface area contributed by atoms with Crippen molar-refractivity contribution in [1.82, 2.24) is 9.88 Å². The quantitative estimate of drug-likeness (QED) is 0.766. The molecule has 1 N–H and O–H groups in total. The molecule has 1 aliphatic rings. The van der Waals surface area contributed by atoms with Crippen LogP contribution in [-0.4, -0.2) is 40.0 Å². The van der Waals surface area contributed by atoms with Crippen LogP contribution in [0.1, 0.15) is 23.7 Å². The summed E-state index contributed by atoms with van der Waals surface area (Å²) in [5.41, 5.74) is 1.81. The van der Waals surface area contributed by atoms with Gasteiger partial charge in [-0.25, -0.2) is 4.98 Å². The van der Waals surface area contributed by atoms with Crippen molar-refractivity contribution in [2.45, 2.75) is 13.3 Å². The topological polar surface area (TPSA) is 83.6 Å². The van der Waals surface area contributed by atoms with Crippen LogP contribution in [0.15, 0.2) is 53.1 Å². The summed E-state index contributed by atoms with van der Waals surface area (Å²) in [5, 5.41) is 10.2. The molecule has 2 unspecified atom stereocenters. The molecule has 3 aromatic rings. The zero-order valence-corrected chi connectivity index (χ0v) is 15.0. The summed E-state index contributed by atoms with van der Waals surface area (Å²) in [6, 6.07) is 12.8. The molecule has 1 aromatic carbocycles. The van der Waals surface area contributed by atoms with E-state index in [9.17, 15) is 14.7 Å².